The highest BCUT2D eigenvalue weighted by molar-refractivity contribution is 7.91. The Hall–Kier alpha value is -1.44. The van der Waals surface area contributed by atoms with Gasteiger partial charge in [-0.25, -0.2) is 4.79 Å². The standard InChI is InChI=1S/C28H36Cl2N2O3S/c1-27(2,3)35-26(33)31(4)18-21(20-9-10-23(29)24(30)17-20)11-14-32-15-12-28(13-16-32)19-36(34)25-8-6-5-7-22(25)28/h5-10,17,21H,11-16,18-19H2,1-4H3. The summed E-state index contributed by atoms with van der Waals surface area (Å²) in [5.41, 5.74) is 1.85. The van der Waals surface area contributed by atoms with E-state index in [-0.39, 0.29) is 17.4 Å². The zero-order chi connectivity index (χ0) is 26.1. The van der Waals surface area contributed by atoms with Crippen LogP contribution in [0.1, 0.15) is 57.1 Å². The molecule has 0 aliphatic carbocycles. The smallest absolute Gasteiger partial charge is 0.410 e. The lowest BCUT2D eigenvalue weighted by Gasteiger charge is -2.38. The number of hydrogen-bond donors (Lipinski definition) is 0. The van der Waals surface area contributed by atoms with Crippen LogP contribution < -0.4 is 0 Å². The summed E-state index contributed by atoms with van der Waals surface area (Å²) in [6, 6.07) is 14.0. The van der Waals surface area contributed by atoms with Gasteiger partial charge in [-0.05, 0) is 94.6 Å². The summed E-state index contributed by atoms with van der Waals surface area (Å²) < 4.78 is 18.3. The van der Waals surface area contributed by atoms with Crippen molar-refractivity contribution in [1.82, 2.24) is 9.80 Å². The van der Waals surface area contributed by atoms with Crippen molar-refractivity contribution in [2.45, 2.75) is 61.9 Å². The minimum Gasteiger partial charge on any atom is -0.611 e. The lowest BCUT2D eigenvalue weighted by Crippen LogP contribution is -2.44. The second-order valence-corrected chi connectivity index (χ2v) is 13.4. The van der Waals surface area contributed by atoms with E-state index in [1.165, 1.54) is 5.56 Å². The van der Waals surface area contributed by atoms with Crippen molar-refractivity contribution in [3.05, 3.63) is 63.6 Å². The summed E-state index contributed by atoms with van der Waals surface area (Å²) in [7, 11) is 1.78. The van der Waals surface area contributed by atoms with Gasteiger partial charge in [-0.1, -0.05) is 47.5 Å². The second-order valence-electron chi connectivity index (χ2n) is 11.1. The van der Waals surface area contributed by atoms with E-state index in [0.717, 1.165) is 55.1 Å². The normalized spacial score (nSPS) is 20.2. The van der Waals surface area contributed by atoms with Gasteiger partial charge in [-0.3, -0.25) is 0 Å². The van der Waals surface area contributed by atoms with Gasteiger partial charge >= 0.3 is 6.09 Å². The van der Waals surface area contributed by atoms with Gasteiger partial charge in [0.15, 0.2) is 4.90 Å². The lowest BCUT2D eigenvalue weighted by atomic mass is 9.74. The Balaban J connectivity index is 1.41. The molecule has 1 fully saturated rings. The predicted molar refractivity (Wildman–Crippen MR) is 148 cm³/mol. The lowest BCUT2D eigenvalue weighted by molar-refractivity contribution is 0.0284. The number of fused-ring (bicyclic) bond motifs is 2. The van der Waals surface area contributed by atoms with Crippen molar-refractivity contribution in [2.75, 3.05) is 39.0 Å². The fourth-order valence-electron chi connectivity index (χ4n) is 5.34. The Kier molecular flexibility index (Phi) is 8.52. The number of piperidine rings is 1. The monoisotopic (exact) mass is 550 g/mol. The molecule has 2 unspecified atom stereocenters. The van der Waals surface area contributed by atoms with Gasteiger partial charge in [0.05, 0.1) is 10.0 Å². The van der Waals surface area contributed by atoms with E-state index in [1.54, 1.807) is 11.9 Å². The number of benzene rings is 2. The first kappa shape index (κ1) is 27.6. The molecule has 2 aromatic carbocycles. The Bertz CT molecular complexity index is 1080. The molecule has 0 aromatic heterocycles. The number of halogens is 2. The summed E-state index contributed by atoms with van der Waals surface area (Å²) >= 11 is 11.6. The largest absolute Gasteiger partial charge is 0.611 e. The molecule has 1 saturated heterocycles. The zero-order valence-electron chi connectivity index (χ0n) is 21.6. The number of rotatable bonds is 6. The maximum absolute atomic E-state index is 12.7. The van der Waals surface area contributed by atoms with E-state index in [2.05, 4.69) is 17.0 Å². The molecule has 0 saturated carbocycles. The maximum atomic E-state index is 12.7. The van der Waals surface area contributed by atoms with E-state index in [0.29, 0.717) is 16.6 Å². The first-order valence-corrected chi connectivity index (χ1v) is 14.6. The van der Waals surface area contributed by atoms with Crippen LogP contribution in [0.2, 0.25) is 10.0 Å². The average molecular weight is 552 g/mol. The minimum absolute atomic E-state index is 0.0397. The van der Waals surface area contributed by atoms with E-state index in [4.69, 9.17) is 27.9 Å². The van der Waals surface area contributed by atoms with Gasteiger partial charge < -0.3 is 19.1 Å². The molecule has 196 valence electrons. The number of ether oxygens (including phenoxy) is 1. The van der Waals surface area contributed by atoms with Gasteiger partial charge in [0.25, 0.3) is 0 Å². The topological polar surface area (TPSA) is 55.8 Å². The van der Waals surface area contributed by atoms with Crippen molar-refractivity contribution in [3.8, 4) is 0 Å². The molecule has 0 N–H and O–H groups in total. The molecule has 2 aliphatic heterocycles. The number of nitrogens with zero attached hydrogens (tertiary/aromatic N) is 2. The summed E-state index contributed by atoms with van der Waals surface area (Å²) in [6.45, 7) is 9.00. The molecule has 1 amide bonds. The van der Waals surface area contributed by atoms with Crippen molar-refractivity contribution in [3.63, 3.8) is 0 Å². The van der Waals surface area contributed by atoms with E-state index < -0.39 is 16.8 Å². The van der Waals surface area contributed by atoms with Crippen molar-refractivity contribution < 1.29 is 14.1 Å². The molecule has 36 heavy (non-hydrogen) atoms. The van der Waals surface area contributed by atoms with Crippen LogP contribution in [0.25, 0.3) is 0 Å². The zero-order valence-corrected chi connectivity index (χ0v) is 23.9. The van der Waals surface area contributed by atoms with Gasteiger partial charge in [0.1, 0.15) is 11.4 Å². The van der Waals surface area contributed by atoms with Gasteiger partial charge in [0, 0.05) is 30.5 Å². The quantitative estimate of drug-likeness (QED) is 0.385. The highest BCUT2D eigenvalue weighted by Crippen LogP contribution is 2.46. The third-order valence-electron chi connectivity index (χ3n) is 7.33. The van der Waals surface area contributed by atoms with Gasteiger partial charge in [-0.2, -0.15) is 0 Å². The Morgan fingerprint density at radius 2 is 1.86 bits per heavy atom. The van der Waals surface area contributed by atoms with Crippen LogP contribution in [0.5, 0.6) is 0 Å². The van der Waals surface area contributed by atoms with Gasteiger partial charge in [0.2, 0.25) is 0 Å². The molecule has 4 rings (SSSR count). The summed E-state index contributed by atoms with van der Waals surface area (Å²) in [5.74, 6) is 0.833. The van der Waals surface area contributed by atoms with Crippen LogP contribution in [0.15, 0.2) is 47.4 Å². The summed E-state index contributed by atoms with van der Waals surface area (Å²) in [6.07, 6.45) is 2.58. The molecular weight excluding hydrogens is 515 g/mol. The summed E-state index contributed by atoms with van der Waals surface area (Å²) in [5, 5.41) is 1.04. The van der Waals surface area contributed by atoms with Crippen LogP contribution in [-0.4, -0.2) is 65.0 Å². The molecule has 5 nitrogen and oxygen atoms in total. The third kappa shape index (κ3) is 6.33. The number of hydrogen-bond acceptors (Lipinski definition) is 4. The minimum atomic E-state index is -0.896. The first-order chi connectivity index (χ1) is 17.0. The molecule has 2 atom stereocenters. The van der Waals surface area contributed by atoms with Crippen LogP contribution in [0.4, 0.5) is 4.79 Å². The average Bonchev–Trinajstić information content (AvgIpc) is 3.10. The molecular formula is C28H36Cl2N2O3S. The molecule has 0 radical (unpaired) electrons. The number of carbonyl (C=O) groups excluding carboxylic acids is 1. The highest BCUT2D eigenvalue weighted by atomic mass is 35.5. The van der Waals surface area contributed by atoms with Gasteiger partial charge in [-0.15, -0.1) is 0 Å². The van der Waals surface area contributed by atoms with Crippen molar-refractivity contribution >= 4 is 40.5 Å². The fraction of sp³-hybridized carbons (Fsp3) is 0.536. The second kappa shape index (κ2) is 11.1. The summed E-state index contributed by atoms with van der Waals surface area (Å²) in [4.78, 5) is 17.8. The predicted octanol–water partition coefficient (Wildman–Crippen LogP) is 6.49. The van der Waals surface area contributed by atoms with Crippen LogP contribution >= 0.6 is 23.2 Å². The molecule has 1 spiro atoms. The molecule has 2 heterocycles. The van der Waals surface area contributed by atoms with Crippen LogP contribution in [0, 0.1) is 0 Å². The number of likely N-dealkylation sites (tertiary alicyclic amines) is 1. The Labute approximate surface area is 228 Å². The molecule has 8 heteroatoms. The molecule has 0 bridgehead atoms. The first-order valence-electron chi connectivity index (χ1n) is 12.6. The highest BCUT2D eigenvalue weighted by Gasteiger charge is 2.48. The molecule has 2 aromatic rings. The van der Waals surface area contributed by atoms with Crippen molar-refractivity contribution in [1.29, 1.82) is 0 Å². The van der Waals surface area contributed by atoms with E-state index in [9.17, 15) is 9.35 Å². The van der Waals surface area contributed by atoms with E-state index in [1.807, 2.05) is 51.1 Å². The third-order valence-corrected chi connectivity index (χ3v) is 9.73. The van der Waals surface area contributed by atoms with Crippen LogP contribution in [-0.2, 0) is 21.3 Å². The Morgan fingerprint density at radius 3 is 2.53 bits per heavy atom. The number of carbonyl (C=O) groups is 1. The van der Waals surface area contributed by atoms with Crippen LogP contribution in [0.3, 0.4) is 0 Å². The number of amides is 1. The maximum Gasteiger partial charge on any atom is 0.410 e. The fourth-order valence-corrected chi connectivity index (χ4v) is 7.51. The van der Waals surface area contributed by atoms with E-state index >= 15 is 0 Å². The SMILES string of the molecule is CN(CC(CCN1CCC2(CC1)C[S+]([O-])c1ccccc12)c1ccc(Cl)c(Cl)c1)C(=O)OC(C)(C)C. The van der Waals surface area contributed by atoms with Crippen molar-refractivity contribution in [2.24, 2.45) is 0 Å². The number of likely N-dealkylation sites (N-methyl/N-ethyl adjacent to an activating group) is 1. The molecule has 2 aliphatic rings. The Morgan fingerprint density at radius 1 is 1.17 bits per heavy atom.